The number of rotatable bonds is 3. The first-order valence-electron chi connectivity index (χ1n) is 4.67. The van der Waals surface area contributed by atoms with E-state index in [0.29, 0.717) is 5.82 Å². The van der Waals surface area contributed by atoms with Crippen LogP contribution in [0.3, 0.4) is 0 Å². The zero-order chi connectivity index (χ0) is 9.26. The van der Waals surface area contributed by atoms with E-state index in [1.807, 2.05) is 0 Å². The third-order valence-corrected chi connectivity index (χ3v) is 2.68. The van der Waals surface area contributed by atoms with Crippen LogP contribution < -0.4 is 5.73 Å². The molecule has 0 bridgehead atoms. The number of nitrogens with zero attached hydrogens (tertiary/aromatic N) is 2. The predicted molar refractivity (Wildman–Crippen MR) is 50.0 cm³/mol. The van der Waals surface area contributed by atoms with Gasteiger partial charge in [-0.1, -0.05) is 11.6 Å². The highest BCUT2D eigenvalue weighted by Crippen LogP contribution is 2.24. The second-order valence-electron chi connectivity index (χ2n) is 3.72. The minimum Gasteiger partial charge on any atom is -0.381 e. The molecule has 0 saturated heterocycles. The molecule has 13 heavy (non-hydrogen) atoms. The van der Waals surface area contributed by atoms with E-state index in [2.05, 4.69) is 17.1 Å². The van der Waals surface area contributed by atoms with Crippen LogP contribution in [0.5, 0.6) is 0 Å². The average Bonchev–Trinajstić information content (AvgIpc) is 2.31. The monoisotopic (exact) mass is 181 g/mol. The van der Waals surface area contributed by atoms with Gasteiger partial charge in [0.15, 0.2) is 11.6 Å². The van der Waals surface area contributed by atoms with Crippen LogP contribution in [0.1, 0.15) is 25.0 Å². The van der Waals surface area contributed by atoms with Crippen LogP contribution in [0.2, 0.25) is 0 Å². The van der Waals surface area contributed by atoms with Crippen molar-refractivity contribution in [2.45, 2.75) is 31.8 Å². The molecule has 0 amide bonds. The van der Waals surface area contributed by atoms with E-state index in [-0.39, 0.29) is 0 Å². The highest BCUT2D eigenvalue weighted by molar-refractivity contribution is 5.26. The number of aromatic nitrogens is 1. The molecule has 1 heterocycles. The molecule has 0 atom stereocenters. The molecule has 4 nitrogen and oxygen atoms in total. The van der Waals surface area contributed by atoms with E-state index < -0.39 is 0 Å². The summed E-state index contributed by atoms with van der Waals surface area (Å²) in [4.78, 5) is 2.30. The Bertz CT molecular complexity index is 280. The van der Waals surface area contributed by atoms with Crippen molar-refractivity contribution in [1.29, 1.82) is 0 Å². The lowest BCUT2D eigenvalue weighted by Gasteiger charge is -2.33. The molecule has 2 N–H and O–H groups in total. The molecule has 72 valence electrons. The second kappa shape index (κ2) is 3.38. The normalized spacial score (nSPS) is 17.7. The fourth-order valence-electron chi connectivity index (χ4n) is 1.61. The fourth-order valence-corrected chi connectivity index (χ4v) is 1.61. The SMILES string of the molecule is CN(Cc1cc(N)no1)C1CCC1. The van der Waals surface area contributed by atoms with Crippen molar-refractivity contribution in [3.63, 3.8) is 0 Å². The van der Waals surface area contributed by atoms with Gasteiger partial charge < -0.3 is 10.3 Å². The summed E-state index contributed by atoms with van der Waals surface area (Å²) in [5, 5.41) is 3.65. The Labute approximate surface area is 77.7 Å². The van der Waals surface area contributed by atoms with Crippen LogP contribution in [0.25, 0.3) is 0 Å². The van der Waals surface area contributed by atoms with Crippen molar-refractivity contribution >= 4 is 5.82 Å². The summed E-state index contributed by atoms with van der Waals surface area (Å²) in [5.41, 5.74) is 5.45. The van der Waals surface area contributed by atoms with E-state index in [1.165, 1.54) is 19.3 Å². The standard InChI is InChI=1S/C9H15N3O/c1-12(7-3-2-4-7)6-8-5-9(10)11-13-8/h5,7H,2-4,6H2,1H3,(H2,10,11). The molecule has 2 rings (SSSR count). The van der Waals surface area contributed by atoms with E-state index >= 15 is 0 Å². The molecule has 0 aliphatic heterocycles. The first-order valence-corrected chi connectivity index (χ1v) is 4.67. The Morgan fingerprint density at radius 1 is 1.69 bits per heavy atom. The molecule has 0 aromatic carbocycles. The largest absolute Gasteiger partial charge is 0.381 e. The van der Waals surface area contributed by atoms with E-state index in [0.717, 1.165) is 18.3 Å². The van der Waals surface area contributed by atoms with Crippen LogP contribution in [0.15, 0.2) is 10.6 Å². The van der Waals surface area contributed by atoms with Crippen molar-refractivity contribution in [2.75, 3.05) is 12.8 Å². The van der Waals surface area contributed by atoms with Gasteiger partial charge in [0.1, 0.15) is 0 Å². The summed E-state index contributed by atoms with van der Waals surface area (Å²) in [7, 11) is 2.11. The zero-order valence-corrected chi connectivity index (χ0v) is 7.86. The van der Waals surface area contributed by atoms with Crippen LogP contribution >= 0.6 is 0 Å². The van der Waals surface area contributed by atoms with Gasteiger partial charge in [-0.15, -0.1) is 0 Å². The van der Waals surface area contributed by atoms with Gasteiger partial charge in [-0.05, 0) is 19.9 Å². The zero-order valence-electron chi connectivity index (χ0n) is 7.86. The van der Waals surface area contributed by atoms with Crippen molar-refractivity contribution in [2.24, 2.45) is 0 Å². The van der Waals surface area contributed by atoms with Gasteiger partial charge in [0.25, 0.3) is 0 Å². The third kappa shape index (κ3) is 1.83. The highest BCUT2D eigenvalue weighted by atomic mass is 16.5. The average molecular weight is 181 g/mol. The Kier molecular flexibility index (Phi) is 2.22. The second-order valence-corrected chi connectivity index (χ2v) is 3.72. The first kappa shape index (κ1) is 8.56. The molecular weight excluding hydrogens is 166 g/mol. The molecule has 1 aromatic heterocycles. The lowest BCUT2D eigenvalue weighted by molar-refractivity contribution is 0.139. The smallest absolute Gasteiger partial charge is 0.167 e. The Morgan fingerprint density at radius 2 is 2.46 bits per heavy atom. The maximum Gasteiger partial charge on any atom is 0.167 e. The van der Waals surface area contributed by atoms with Crippen molar-refractivity contribution in [3.05, 3.63) is 11.8 Å². The van der Waals surface area contributed by atoms with Crippen LogP contribution in [-0.2, 0) is 6.54 Å². The highest BCUT2D eigenvalue weighted by Gasteiger charge is 2.22. The third-order valence-electron chi connectivity index (χ3n) is 2.68. The van der Waals surface area contributed by atoms with Gasteiger partial charge in [0.05, 0.1) is 6.54 Å². The Morgan fingerprint density at radius 3 is 2.92 bits per heavy atom. The summed E-state index contributed by atoms with van der Waals surface area (Å²) in [5.74, 6) is 1.32. The van der Waals surface area contributed by atoms with Crippen molar-refractivity contribution < 1.29 is 4.52 Å². The maximum atomic E-state index is 5.45. The molecule has 1 saturated carbocycles. The molecule has 0 spiro atoms. The Balaban J connectivity index is 1.89. The van der Waals surface area contributed by atoms with Crippen LogP contribution in [0.4, 0.5) is 5.82 Å². The lowest BCUT2D eigenvalue weighted by Crippen LogP contribution is -2.36. The molecule has 1 aliphatic rings. The summed E-state index contributed by atoms with van der Waals surface area (Å²) >= 11 is 0. The molecule has 1 fully saturated rings. The van der Waals surface area contributed by atoms with Gasteiger partial charge in [0.2, 0.25) is 0 Å². The van der Waals surface area contributed by atoms with Crippen LogP contribution in [0, 0.1) is 0 Å². The number of hydrogen-bond donors (Lipinski definition) is 1. The lowest BCUT2D eigenvalue weighted by atomic mass is 9.92. The number of anilines is 1. The quantitative estimate of drug-likeness (QED) is 0.762. The molecule has 0 unspecified atom stereocenters. The summed E-state index contributed by atoms with van der Waals surface area (Å²) in [6, 6.07) is 2.51. The molecular formula is C9H15N3O. The summed E-state index contributed by atoms with van der Waals surface area (Å²) in [6.07, 6.45) is 3.97. The topological polar surface area (TPSA) is 55.3 Å². The summed E-state index contributed by atoms with van der Waals surface area (Å²) in [6.45, 7) is 0.814. The molecule has 4 heteroatoms. The maximum absolute atomic E-state index is 5.45. The number of hydrogen-bond acceptors (Lipinski definition) is 4. The minimum absolute atomic E-state index is 0.469. The fraction of sp³-hybridized carbons (Fsp3) is 0.667. The van der Waals surface area contributed by atoms with Gasteiger partial charge in [-0.25, -0.2) is 0 Å². The van der Waals surface area contributed by atoms with E-state index in [1.54, 1.807) is 6.07 Å². The number of nitrogens with two attached hydrogens (primary N) is 1. The molecule has 1 aromatic rings. The van der Waals surface area contributed by atoms with Crippen molar-refractivity contribution in [3.8, 4) is 0 Å². The van der Waals surface area contributed by atoms with E-state index in [9.17, 15) is 0 Å². The minimum atomic E-state index is 0.469. The van der Waals surface area contributed by atoms with Gasteiger partial charge in [-0.3, -0.25) is 4.90 Å². The molecule has 0 radical (unpaired) electrons. The Hall–Kier alpha value is -1.03. The predicted octanol–water partition coefficient (Wildman–Crippen LogP) is 1.24. The van der Waals surface area contributed by atoms with Crippen LogP contribution in [-0.4, -0.2) is 23.1 Å². The molecule has 1 aliphatic carbocycles. The van der Waals surface area contributed by atoms with Gasteiger partial charge >= 0.3 is 0 Å². The summed E-state index contributed by atoms with van der Waals surface area (Å²) < 4.78 is 5.04. The van der Waals surface area contributed by atoms with Gasteiger partial charge in [0, 0.05) is 12.1 Å². The first-order chi connectivity index (χ1) is 6.25. The van der Waals surface area contributed by atoms with Gasteiger partial charge in [-0.2, -0.15) is 0 Å². The van der Waals surface area contributed by atoms with E-state index in [4.69, 9.17) is 10.3 Å². The number of nitrogen functional groups attached to an aromatic ring is 1. The van der Waals surface area contributed by atoms with Crippen molar-refractivity contribution in [1.82, 2.24) is 10.1 Å².